The molecule has 1 amide bonds. The van der Waals surface area contributed by atoms with Crippen LogP contribution in [0.4, 0.5) is 5.13 Å². The van der Waals surface area contributed by atoms with E-state index in [1.807, 2.05) is 24.3 Å². The van der Waals surface area contributed by atoms with Crippen molar-refractivity contribution in [1.29, 1.82) is 0 Å². The zero-order valence-electron chi connectivity index (χ0n) is 18.2. The summed E-state index contributed by atoms with van der Waals surface area (Å²) in [6.07, 6.45) is 0.866. The number of hydrogen-bond acceptors (Lipinski definition) is 7. The van der Waals surface area contributed by atoms with E-state index in [1.165, 1.54) is 12.0 Å². The maximum absolute atomic E-state index is 13.6. The molecule has 0 aliphatic carbocycles. The zero-order valence-corrected chi connectivity index (χ0v) is 19.1. The van der Waals surface area contributed by atoms with Gasteiger partial charge >= 0.3 is 5.97 Å². The molecule has 2 aromatic carbocycles. The summed E-state index contributed by atoms with van der Waals surface area (Å²) in [5.74, 6) is -0.998. The third kappa shape index (κ3) is 3.25. The number of aromatic nitrogens is 1. The molecule has 4 aromatic rings. The van der Waals surface area contributed by atoms with Gasteiger partial charge in [0.15, 0.2) is 10.6 Å². The van der Waals surface area contributed by atoms with E-state index in [9.17, 15) is 14.4 Å². The Kier molecular flexibility index (Phi) is 5.09. The van der Waals surface area contributed by atoms with Crippen LogP contribution in [0.3, 0.4) is 0 Å². The van der Waals surface area contributed by atoms with Crippen LogP contribution in [0, 0.1) is 6.92 Å². The number of fused-ring (bicyclic) bond motifs is 2. The van der Waals surface area contributed by atoms with Gasteiger partial charge in [-0.1, -0.05) is 54.7 Å². The minimum Gasteiger partial charge on any atom is -0.465 e. The van der Waals surface area contributed by atoms with E-state index < -0.39 is 17.9 Å². The van der Waals surface area contributed by atoms with Gasteiger partial charge < -0.3 is 9.15 Å². The predicted octanol–water partition coefficient (Wildman–Crippen LogP) is 4.66. The Morgan fingerprint density at radius 3 is 2.58 bits per heavy atom. The number of aryl methyl sites for hydroxylation is 2. The lowest BCUT2D eigenvalue weighted by Gasteiger charge is -2.22. The van der Waals surface area contributed by atoms with E-state index in [2.05, 4.69) is 11.9 Å². The average molecular weight is 461 g/mol. The lowest BCUT2D eigenvalue weighted by atomic mass is 9.97. The Morgan fingerprint density at radius 1 is 1.15 bits per heavy atom. The van der Waals surface area contributed by atoms with Gasteiger partial charge in [0, 0.05) is 0 Å². The van der Waals surface area contributed by atoms with Crippen molar-refractivity contribution >= 4 is 39.3 Å². The molecular formula is C25H20N2O5S. The SMILES string of the molecule is CCc1ccc([C@@H]2c3c(oc4ccccc4c3=O)C(=O)N2c2nc(C)c(C(=O)OC)s2)cc1. The van der Waals surface area contributed by atoms with E-state index in [0.29, 0.717) is 26.7 Å². The molecule has 1 aliphatic heterocycles. The van der Waals surface area contributed by atoms with Crippen molar-refractivity contribution in [3.63, 3.8) is 0 Å². The van der Waals surface area contributed by atoms with E-state index >= 15 is 0 Å². The lowest BCUT2D eigenvalue weighted by Crippen LogP contribution is -2.29. The molecule has 8 heteroatoms. The number of ether oxygens (including phenoxy) is 1. The van der Waals surface area contributed by atoms with Crippen molar-refractivity contribution in [2.45, 2.75) is 26.3 Å². The minimum absolute atomic E-state index is 0.00395. The van der Waals surface area contributed by atoms with Gasteiger partial charge in [0.05, 0.1) is 29.8 Å². The fourth-order valence-electron chi connectivity index (χ4n) is 4.14. The molecule has 2 aromatic heterocycles. The number of methoxy groups -OCH3 is 1. The van der Waals surface area contributed by atoms with Crippen molar-refractivity contribution in [3.8, 4) is 0 Å². The Morgan fingerprint density at radius 2 is 1.88 bits per heavy atom. The highest BCUT2D eigenvalue weighted by atomic mass is 32.1. The minimum atomic E-state index is -0.727. The van der Waals surface area contributed by atoms with Crippen molar-refractivity contribution in [3.05, 3.63) is 91.8 Å². The number of carbonyl (C=O) groups excluding carboxylic acids is 2. The Labute approximate surface area is 193 Å². The van der Waals surface area contributed by atoms with Crippen molar-refractivity contribution in [1.82, 2.24) is 4.98 Å². The van der Waals surface area contributed by atoms with Crippen molar-refractivity contribution in [2.75, 3.05) is 12.0 Å². The van der Waals surface area contributed by atoms with Crippen LogP contribution in [-0.4, -0.2) is 24.0 Å². The van der Waals surface area contributed by atoms with Gasteiger partial charge in [-0.05, 0) is 36.6 Å². The summed E-state index contributed by atoms with van der Waals surface area (Å²) in [7, 11) is 1.30. The molecule has 0 spiro atoms. The van der Waals surface area contributed by atoms with Crippen LogP contribution in [0.25, 0.3) is 11.0 Å². The first kappa shape index (κ1) is 21.1. The smallest absolute Gasteiger partial charge is 0.350 e. The van der Waals surface area contributed by atoms with Gasteiger partial charge in [0.25, 0.3) is 5.91 Å². The molecular weight excluding hydrogens is 440 g/mol. The second kappa shape index (κ2) is 7.97. The molecule has 0 bridgehead atoms. The quantitative estimate of drug-likeness (QED) is 0.412. The number of carbonyl (C=O) groups is 2. The Hall–Kier alpha value is -3.78. The fraction of sp³-hybridized carbons (Fsp3) is 0.200. The summed E-state index contributed by atoms with van der Waals surface area (Å²) in [6, 6.07) is 13.9. The summed E-state index contributed by atoms with van der Waals surface area (Å²) in [4.78, 5) is 45.6. The monoisotopic (exact) mass is 460 g/mol. The maximum Gasteiger partial charge on any atom is 0.350 e. The molecule has 0 unspecified atom stereocenters. The molecule has 0 saturated heterocycles. The summed E-state index contributed by atoms with van der Waals surface area (Å²) in [6.45, 7) is 3.74. The largest absolute Gasteiger partial charge is 0.465 e. The van der Waals surface area contributed by atoms with Crippen LogP contribution in [0.1, 0.15) is 55.6 Å². The van der Waals surface area contributed by atoms with Crippen LogP contribution >= 0.6 is 11.3 Å². The van der Waals surface area contributed by atoms with Crippen LogP contribution < -0.4 is 10.3 Å². The van der Waals surface area contributed by atoms with Gasteiger partial charge in [-0.15, -0.1) is 0 Å². The first-order chi connectivity index (χ1) is 15.9. The number of esters is 1. The van der Waals surface area contributed by atoms with E-state index in [4.69, 9.17) is 9.15 Å². The molecule has 0 saturated carbocycles. The summed E-state index contributed by atoms with van der Waals surface area (Å²) >= 11 is 1.06. The predicted molar refractivity (Wildman–Crippen MR) is 125 cm³/mol. The topological polar surface area (TPSA) is 89.7 Å². The molecule has 0 fully saturated rings. The number of hydrogen-bond donors (Lipinski definition) is 0. The molecule has 0 N–H and O–H groups in total. The highest BCUT2D eigenvalue weighted by Crippen LogP contribution is 2.43. The highest BCUT2D eigenvalue weighted by Gasteiger charge is 2.45. The molecule has 33 heavy (non-hydrogen) atoms. The summed E-state index contributed by atoms with van der Waals surface area (Å²) in [5, 5.41) is 0.712. The van der Waals surface area contributed by atoms with Crippen molar-refractivity contribution < 1.29 is 18.7 Å². The second-order valence-corrected chi connectivity index (χ2v) is 8.72. The maximum atomic E-state index is 13.6. The fourth-order valence-corrected chi connectivity index (χ4v) is 5.15. The number of para-hydroxylation sites is 1. The summed E-state index contributed by atoms with van der Waals surface area (Å²) < 4.78 is 10.8. The number of anilines is 1. The number of thiazole rings is 1. The van der Waals surface area contributed by atoms with Gasteiger partial charge in [-0.3, -0.25) is 14.5 Å². The Balaban J connectivity index is 1.76. The normalized spacial score (nSPS) is 15.2. The first-order valence-corrected chi connectivity index (χ1v) is 11.3. The van der Waals surface area contributed by atoms with E-state index in [-0.39, 0.29) is 16.8 Å². The van der Waals surface area contributed by atoms with Gasteiger partial charge in [0.2, 0.25) is 5.76 Å². The number of amides is 1. The van der Waals surface area contributed by atoms with Crippen LogP contribution in [0.15, 0.2) is 57.7 Å². The molecule has 5 rings (SSSR count). The Bertz CT molecular complexity index is 1470. The average Bonchev–Trinajstić information content (AvgIpc) is 3.36. The second-order valence-electron chi connectivity index (χ2n) is 7.75. The van der Waals surface area contributed by atoms with Crippen LogP contribution in [0.2, 0.25) is 0 Å². The van der Waals surface area contributed by atoms with Gasteiger partial charge in [-0.25, -0.2) is 9.78 Å². The van der Waals surface area contributed by atoms with Crippen LogP contribution in [0.5, 0.6) is 0 Å². The zero-order chi connectivity index (χ0) is 23.3. The van der Waals surface area contributed by atoms with Crippen LogP contribution in [-0.2, 0) is 11.2 Å². The van der Waals surface area contributed by atoms with Crippen molar-refractivity contribution in [2.24, 2.45) is 0 Å². The third-order valence-electron chi connectivity index (χ3n) is 5.84. The standard InChI is InChI=1S/C25H20N2O5S/c1-4-14-9-11-15(12-10-14)19-18-20(28)16-7-5-6-8-17(16)32-21(18)23(29)27(19)25-26-13(2)22(33-25)24(30)31-3/h5-12,19H,4H2,1-3H3/t19-/m1/s1. The molecule has 3 heterocycles. The lowest BCUT2D eigenvalue weighted by molar-refractivity contribution is 0.0605. The first-order valence-electron chi connectivity index (χ1n) is 10.5. The van der Waals surface area contributed by atoms with E-state index in [1.54, 1.807) is 31.2 Å². The number of benzene rings is 2. The van der Waals surface area contributed by atoms with Gasteiger partial charge in [0.1, 0.15) is 10.5 Å². The third-order valence-corrected chi connectivity index (χ3v) is 6.98. The number of nitrogens with zero attached hydrogens (tertiary/aromatic N) is 2. The molecule has 7 nitrogen and oxygen atoms in total. The van der Waals surface area contributed by atoms with E-state index in [0.717, 1.165) is 28.9 Å². The number of rotatable bonds is 4. The molecule has 0 radical (unpaired) electrons. The summed E-state index contributed by atoms with van der Waals surface area (Å²) in [5.41, 5.74) is 2.72. The van der Waals surface area contributed by atoms with Gasteiger partial charge in [-0.2, -0.15) is 0 Å². The molecule has 1 atom stereocenters. The highest BCUT2D eigenvalue weighted by molar-refractivity contribution is 7.17. The molecule has 166 valence electrons. The molecule has 1 aliphatic rings.